The van der Waals surface area contributed by atoms with Gasteiger partial charge in [0.1, 0.15) is 5.84 Å². The molecule has 0 bridgehead atoms. The zero-order chi connectivity index (χ0) is 19.6. The number of aliphatic imine (C=N–C) groups is 1. The number of piperidine rings is 1. The average molecular weight is 418 g/mol. The lowest BCUT2D eigenvalue weighted by Crippen LogP contribution is -2.38. The molecule has 0 radical (unpaired) electrons. The van der Waals surface area contributed by atoms with E-state index in [0.717, 1.165) is 43.8 Å². The molecule has 2 aromatic carbocycles. The molecule has 2 aliphatic heterocycles. The van der Waals surface area contributed by atoms with E-state index in [1.165, 1.54) is 5.56 Å². The number of halogens is 1. The van der Waals surface area contributed by atoms with Gasteiger partial charge in [0.25, 0.3) is 0 Å². The van der Waals surface area contributed by atoms with Crippen molar-refractivity contribution in [2.75, 3.05) is 26.2 Å². The molecule has 1 N–H and O–H groups in total. The standard InChI is InChI=1S/C21H24ClN3O2S/c22-19-5-7-20(8-6-19)28(26,27)25-13-9-17(10-14-25)15-16-1-3-18(4-2-16)21-23-11-12-24-21/h1-8,17H,9-15H2,(H,23,24). The molecule has 0 unspecified atom stereocenters. The summed E-state index contributed by atoms with van der Waals surface area (Å²) < 4.78 is 27.2. The quantitative estimate of drug-likeness (QED) is 0.811. The summed E-state index contributed by atoms with van der Waals surface area (Å²) in [6.45, 7) is 2.88. The molecule has 2 aromatic rings. The maximum Gasteiger partial charge on any atom is 0.243 e. The molecule has 0 aliphatic carbocycles. The van der Waals surface area contributed by atoms with Crippen molar-refractivity contribution in [2.45, 2.75) is 24.2 Å². The summed E-state index contributed by atoms with van der Waals surface area (Å²) in [5, 5.41) is 3.83. The molecule has 1 saturated heterocycles. The third kappa shape index (κ3) is 4.24. The second kappa shape index (κ2) is 8.23. The van der Waals surface area contributed by atoms with Crippen LogP contribution >= 0.6 is 11.6 Å². The SMILES string of the molecule is O=S(=O)(c1ccc(Cl)cc1)N1CCC(Cc2ccc(C3=NCCN3)cc2)CC1. The van der Waals surface area contributed by atoms with Gasteiger partial charge in [-0.2, -0.15) is 4.31 Å². The Balaban J connectivity index is 1.34. The first-order chi connectivity index (χ1) is 13.5. The molecule has 148 valence electrons. The van der Waals surface area contributed by atoms with Crippen molar-refractivity contribution in [3.8, 4) is 0 Å². The van der Waals surface area contributed by atoms with Gasteiger partial charge < -0.3 is 5.32 Å². The predicted molar refractivity (Wildman–Crippen MR) is 112 cm³/mol. The van der Waals surface area contributed by atoms with Crippen molar-refractivity contribution < 1.29 is 8.42 Å². The van der Waals surface area contributed by atoms with Gasteiger partial charge in [-0.15, -0.1) is 0 Å². The Morgan fingerprint density at radius 2 is 1.71 bits per heavy atom. The van der Waals surface area contributed by atoms with Crippen LogP contribution in [0.5, 0.6) is 0 Å². The average Bonchev–Trinajstić information content (AvgIpc) is 3.24. The van der Waals surface area contributed by atoms with Gasteiger partial charge in [0, 0.05) is 30.2 Å². The molecule has 2 heterocycles. The second-order valence-corrected chi connectivity index (χ2v) is 9.73. The van der Waals surface area contributed by atoms with Crippen molar-refractivity contribution in [2.24, 2.45) is 10.9 Å². The Bertz CT molecular complexity index is 948. The summed E-state index contributed by atoms with van der Waals surface area (Å²) >= 11 is 5.87. The summed E-state index contributed by atoms with van der Waals surface area (Å²) in [6, 6.07) is 15.0. The first kappa shape index (κ1) is 19.4. The second-order valence-electron chi connectivity index (χ2n) is 7.36. The fourth-order valence-corrected chi connectivity index (χ4v) is 5.43. The molecular weight excluding hydrogens is 394 g/mol. The molecule has 0 saturated carbocycles. The van der Waals surface area contributed by atoms with E-state index in [9.17, 15) is 8.42 Å². The molecule has 0 amide bonds. The smallest absolute Gasteiger partial charge is 0.243 e. The minimum Gasteiger partial charge on any atom is -0.368 e. The van der Waals surface area contributed by atoms with Crippen LogP contribution in [0.3, 0.4) is 0 Å². The van der Waals surface area contributed by atoms with Crippen LogP contribution < -0.4 is 5.32 Å². The maximum absolute atomic E-state index is 12.8. The lowest BCUT2D eigenvalue weighted by atomic mass is 9.90. The van der Waals surface area contributed by atoms with Crippen molar-refractivity contribution >= 4 is 27.5 Å². The van der Waals surface area contributed by atoms with Crippen molar-refractivity contribution in [3.05, 3.63) is 64.7 Å². The molecule has 0 spiro atoms. The minimum atomic E-state index is -3.44. The predicted octanol–water partition coefficient (Wildman–Crippen LogP) is 3.33. The first-order valence-electron chi connectivity index (χ1n) is 9.66. The number of nitrogens with one attached hydrogen (secondary N) is 1. The third-order valence-corrected chi connectivity index (χ3v) is 7.62. The highest BCUT2D eigenvalue weighted by atomic mass is 35.5. The van der Waals surface area contributed by atoms with E-state index >= 15 is 0 Å². The number of rotatable bonds is 5. The summed E-state index contributed by atoms with van der Waals surface area (Å²) in [4.78, 5) is 4.76. The Morgan fingerprint density at radius 1 is 1.04 bits per heavy atom. The highest BCUT2D eigenvalue weighted by Gasteiger charge is 2.29. The topological polar surface area (TPSA) is 61.8 Å². The van der Waals surface area contributed by atoms with Gasteiger partial charge in [-0.1, -0.05) is 35.9 Å². The van der Waals surface area contributed by atoms with Gasteiger partial charge in [0.05, 0.1) is 11.4 Å². The zero-order valence-corrected chi connectivity index (χ0v) is 17.2. The van der Waals surface area contributed by atoms with Gasteiger partial charge in [-0.3, -0.25) is 4.99 Å². The van der Waals surface area contributed by atoms with Crippen LogP contribution in [0.1, 0.15) is 24.0 Å². The molecule has 28 heavy (non-hydrogen) atoms. The van der Waals surface area contributed by atoms with Crippen LogP contribution in [0, 0.1) is 5.92 Å². The molecule has 5 nitrogen and oxygen atoms in total. The van der Waals surface area contributed by atoms with Gasteiger partial charge >= 0.3 is 0 Å². The third-order valence-electron chi connectivity index (χ3n) is 5.45. The van der Waals surface area contributed by atoms with E-state index in [0.29, 0.717) is 28.9 Å². The molecular formula is C21H24ClN3O2S. The molecule has 0 aromatic heterocycles. The minimum absolute atomic E-state index is 0.314. The fraction of sp³-hybridized carbons (Fsp3) is 0.381. The van der Waals surface area contributed by atoms with E-state index in [2.05, 4.69) is 34.6 Å². The van der Waals surface area contributed by atoms with Crippen LogP contribution in [0.15, 0.2) is 58.4 Å². The van der Waals surface area contributed by atoms with E-state index in [4.69, 9.17) is 11.6 Å². The number of nitrogens with zero attached hydrogens (tertiary/aromatic N) is 2. The lowest BCUT2D eigenvalue weighted by Gasteiger charge is -2.31. The molecule has 4 rings (SSSR count). The number of hydrogen-bond donors (Lipinski definition) is 1. The highest BCUT2D eigenvalue weighted by molar-refractivity contribution is 7.89. The summed E-state index contributed by atoms with van der Waals surface area (Å²) in [7, 11) is -3.44. The number of sulfonamides is 1. The number of benzene rings is 2. The Kier molecular flexibility index (Phi) is 5.71. The summed E-state index contributed by atoms with van der Waals surface area (Å²) in [6.07, 6.45) is 2.74. The summed E-state index contributed by atoms with van der Waals surface area (Å²) in [5.74, 6) is 1.48. The van der Waals surface area contributed by atoms with Gasteiger partial charge in [-0.05, 0) is 55.0 Å². The lowest BCUT2D eigenvalue weighted by molar-refractivity contribution is 0.273. The molecule has 1 fully saturated rings. The van der Waals surface area contributed by atoms with E-state index < -0.39 is 10.0 Å². The van der Waals surface area contributed by atoms with E-state index in [-0.39, 0.29) is 0 Å². The molecule has 7 heteroatoms. The Hall–Kier alpha value is -1.89. The molecule has 2 aliphatic rings. The van der Waals surface area contributed by atoms with Crippen LogP contribution in [0.25, 0.3) is 0 Å². The van der Waals surface area contributed by atoms with Gasteiger partial charge in [-0.25, -0.2) is 8.42 Å². The van der Waals surface area contributed by atoms with Crippen LogP contribution in [0.4, 0.5) is 0 Å². The van der Waals surface area contributed by atoms with E-state index in [1.54, 1.807) is 28.6 Å². The highest BCUT2D eigenvalue weighted by Crippen LogP contribution is 2.27. The van der Waals surface area contributed by atoms with Crippen LogP contribution in [0.2, 0.25) is 5.02 Å². The Morgan fingerprint density at radius 3 is 2.32 bits per heavy atom. The zero-order valence-electron chi connectivity index (χ0n) is 15.6. The molecule has 0 atom stereocenters. The fourth-order valence-electron chi connectivity index (χ4n) is 3.83. The number of amidine groups is 1. The van der Waals surface area contributed by atoms with Gasteiger partial charge in [0.2, 0.25) is 10.0 Å². The normalized spacial score (nSPS) is 18.7. The van der Waals surface area contributed by atoms with Crippen LogP contribution in [-0.2, 0) is 16.4 Å². The van der Waals surface area contributed by atoms with E-state index in [1.807, 2.05) is 0 Å². The first-order valence-corrected chi connectivity index (χ1v) is 11.5. The monoisotopic (exact) mass is 417 g/mol. The largest absolute Gasteiger partial charge is 0.368 e. The summed E-state index contributed by atoms with van der Waals surface area (Å²) in [5.41, 5.74) is 2.42. The Labute approximate surface area is 171 Å². The van der Waals surface area contributed by atoms with Crippen molar-refractivity contribution in [1.29, 1.82) is 0 Å². The number of hydrogen-bond acceptors (Lipinski definition) is 4. The maximum atomic E-state index is 12.8. The van der Waals surface area contributed by atoms with Crippen molar-refractivity contribution in [3.63, 3.8) is 0 Å². The van der Waals surface area contributed by atoms with Crippen LogP contribution in [-0.4, -0.2) is 44.7 Å². The van der Waals surface area contributed by atoms with Gasteiger partial charge in [0.15, 0.2) is 0 Å². The van der Waals surface area contributed by atoms with Crippen molar-refractivity contribution in [1.82, 2.24) is 9.62 Å².